The van der Waals surface area contributed by atoms with Crippen LogP contribution >= 0.6 is 0 Å². The zero-order valence-corrected chi connectivity index (χ0v) is 12.4. The van der Waals surface area contributed by atoms with Gasteiger partial charge in [-0.1, -0.05) is 0 Å². The Morgan fingerprint density at radius 3 is 1.96 bits per heavy atom. The van der Waals surface area contributed by atoms with Crippen LogP contribution in [0, 0.1) is 0 Å². The van der Waals surface area contributed by atoms with Crippen molar-refractivity contribution in [2.24, 2.45) is 0 Å². The lowest BCUT2D eigenvalue weighted by atomic mass is 10.4. The Labute approximate surface area is 130 Å². The van der Waals surface area contributed by atoms with E-state index in [1.54, 1.807) is 0 Å². The van der Waals surface area contributed by atoms with Crippen LogP contribution in [0.1, 0.15) is 6.42 Å². The third-order valence-corrected chi connectivity index (χ3v) is 2.19. The summed E-state index contributed by atoms with van der Waals surface area (Å²) in [4.78, 5) is 0. The standard InChI is InChI=1S/C12H22F4O7/c13-11(14,8-18)23-12(15,16)9-22-5-4-21-7-10(19)6-20-3-1-2-17/h10,17-19H,1-9H2. The van der Waals surface area contributed by atoms with Crippen LogP contribution in [-0.4, -0.2) is 86.5 Å². The van der Waals surface area contributed by atoms with Gasteiger partial charge >= 0.3 is 12.2 Å². The van der Waals surface area contributed by atoms with Crippen molar-refractivity contribution in [1.82, 2.24) is 0 Å². The van der Waals surface area contributed by atoms with E-state index in [1.165, 1.54) is 0 Å². The number of aliphatic hydroxyl groups is 3. The summed E-state index contributed by atoms with van der Waals surface area (Å²) in [6, 6.07) is 0. The minimum atomic E-state index is -4.36. The summed E-state index contributed by atoms with van der Waals surface area (Å²) in [5.74, 6) is 0. The topological polar surface area (TPSA) is 97.6 Å². The molecule has 0 aliphatic heterocycles. The van der Waals surface area contributed by atoms with Gasteiger partial charge in [0.25, 0.3) is 0 Å². The van der Waals surface area contributed by atoms with Crippen molar-refractivity contribution >= 4 is 0 Å². The van der Waals surface area contributed by atoms with Gasteiger partial charge in [-0.2, -0.15) is 17.6 Å². The molecule has 1 unspecified atom stereocenters. The first-order valence-corrected chi connectivity index (χ1v) is 6.81. The lowest BCUT2D eigenvalue weighted by molar-refractivity contribution is -0.391. The average Bonchev–Trinajstić information content (AvgIpc) is 2.46. The Morgan fingerprint density at radius 1 is 0.826 bits per heavy atom. The minimum absolute atomic E-state index is 0.0109. The molecule has 0 aromatic heterocycles. The Morgan fingerprint density at radius 2 is 1.39 bits per heavy atom. The SMILES string of the molecule is OCCCOCC(O)COCCOCC(F)(F)OC(F)(F)CO. The van der Waals surface area contributed by atoms with Crippen LogP contribution < -0.4 is 0 Å². The molecule has 0 rings (SSSR count). The maximum Gasteiger partial charge on any atom is 0.383 e. The normalized spacial score (nSPS) is 14.2. The average molecular weight is 354 g/mol. The predicted octanol–water partition coefficient (Wildman–Crippen LogP) is -0.0260. The van der Waals surface area contributed by atoms with E-state index in [-0.39, 0.29) is 39.6 Å². The van der Waals surface area contributed by atoms with E-state index in [9.17, 15) is 22.7 Å². The number of hydrogen-bond donors (Lipinski definition) is 3. The highest BCUT2D eigenvalue weighted by Crippen LogP contribution is 2.26. The monoisotopic (exact) mass is 354 g/mol. The fourth-order valence-corrected chi connectivity index (χ4v) is 1.24. The van der Waals surface area contributed by atoms with Crippen LogP contribution in [-0.2, 0) is 18.9 Å². The molecule has 0 aliphatic carbocycles. The lowest BCUT2D eigenvalue weighted by Gasteiger charge is -2.22. The highest BCUT2D eigenvalue weighted by atomic mass is 19.3. The number of ether oxygens (including phenoxy) is 4. The molecule has 23 heavy (non-hydrogen) atoms. The van der Waals surface area contributed by atoms with Crippen LogP contribution in [0.25, 0.3) is 0 Å². The van der Waals surface area contributed by atoms with Crippen molar-refractivity contribution in [2.45, 2.75) is 24.7 Å². The second-order valence-electron chi connectivity index (χ2n) is 4.47. The molecule has 0 bridgehead atoms. The third kappa shape index (κ3) is 13.6. The molecular formula is C12H22F4O7. The van der Waals surface area contributed by atoms with E-state index in [2.05, 4.69) is 9.47 Å². The van der Waals surface area contributed by atoms with E-state index in [0.29, 0.717) is 6.42 Å². The number of alkyl halides is 4. The van der Waals surface area contributed by atoms with Gasteiger partial charge in [0, 0.05) is 13.2 Å². The van der Waals surface area contributed by atoms with Crippen LogP contribution in [0.15, 0.2) is 0 Å². The molecule has 0 fully saturated rings. The van der Waals surface area contributed by atoms with E-state index < -0.39 is 31.5 Å². The van der Waals surface area contributed by atoms with Gasteiger partial charge in [0.05, 0.1) is 26.4 Å². The third-order valence-electron chi connectivity index (χ3n) is 2.19. The first-order valence-electron chi connectivity index (χ1n) is 6.81. The van der Waals surface area contributed by atoms with Crippen molar-refractivity contribution in [1.29, 1.82) is 0 Å². The zero-order chi connectivity index (χ0) is 17.8. The van der Waals surface area contributed by atoms with E-state index in [4.69, 9.17) is 19.7 Å². The van der Waals surface area contributed by atoms with E-state index in [0.717, 1.165) is 0 Å². The smallest absolute Gasteiger partial charge is 0.383 e. The van der Waals surface area contributed by atoms with Gasteiger partial charge in [-0.3, -0.25) is 4.74 Å². The fraction of sp³-hybridized carbons (Fsp3) is 1.00. The summed E-state index contributed by atoms with van der Waals surface area (Å²) in [6.45, 7) is -3.67. The summed E-state index contributed by atoms with van der Waals surface area (Å²) < 4.78 is 68.1. The molecule has 0 heterocycles. The van der Waals surface area contributed by atoms with Gasteiger partial charge in [0.2, 0.25) is 0 Å². The van der Waals surface area contributed by atoms with Crippen LogP contribution in [0.5, 0.6) is 0 Å². The van der Waals surface area contributed by atoms with Gasteiger partial charge in [0.15, 0.2) is 0 Å². The Hall–Kier alpha value is -0.560. The van der Waals surface area contributed by atoms with E-state index >= 15 is 0 Å². The number of hydrogen-bond acceptors (Lipinski definition) is 7. The Balaban J connectivity index is 3.61. The molecule has 0 spiro atoms. The van der Waals surface area contributed by atoms with Crippen LogP contribution in [0.3, 0.4) is 0 Å². The molecule has 3 N–H and O–H groups in total. The Bertz CT molecular complexity index is 295. The molecule has 0 aromatic carbocycles. The molecule has 0 radical (unpaired) electrons. The quantitative estimate of drug-likeness (QED) is 0.281. The second kappa shape index (κ2) is 11.9. The van der Waals surface area contributed by atoms with Gasteiger partial charge in [-0.25, -0.2) is 0 Å². The van der Waals surface area contributed by atoms with Crippen molar-refractivity contribution in [3.63, 3.8) is 0 Å². The van der Waals surface area contributed by atoms with Gasteiger partial charge in [-0.05, 0) is 6.42 Å². The molecule has 0 saturated carbocycles. The zero-order valence-electron chi connectivity index (χ0n) is 12.4. The second-order valence-corrected chi connectivity index (χ2v) is 4.47. The highest BCUT2D eigenvalue weighted by Gasteiger charge is 2.43. The maximum absolute atomic E-state index is 12.9. The summed E-state index contributed by atoms with van der Waals surface area (Å²) in [6.07, 6.45) is -9.11. The van der Waals surface area contributed by atoms with Gasteiger partial charge in [-0.15, -0.1) is 0 Å². The highest BCUT2D eigenvalue weighted by molar-refractivity contribution is 4.57. The van der Waals surface area contributed by atoms with Crippen molar-refractivity contribution < 1.29 is 51.8 Å². The molecule has 0 amide bonds. The van der Waals surface area contributed by atoms with Crippen molar-refractivity contribution in [3.8, 4) is 0 Å². The molecular weight excluding hydrogens is 332 g/mol. The number of aliphatic hydroxyl groups excluding tert-OH is 3. The van der Waals surface area contributed by atoms with Crippen molar-refractivity contribution in [2.75, 3.05) is 52.9 Å². The maximum atomic E-state index is 12.9. The fourth-order valence-electron chi connectivity index (χ4n) is 1.24. The first-order chi connectivity index (χ1) is 10.7. The van der Waals surface area contributed by atoms with Crippen LogP contribution in [0.4, 0.5) is 17.6 Å². The molecule has 0 aliphatic rings. The van der Waals surface area contributed by atoms with Gasteiger partial charge in [0.1, 0.15) is 19.3 Å². The molecule has 11 heteroatoms. The number of rotatable bonds is 15. The Kier molecular flexibility index (Phi) is 11.6. The summed E-state index contributed by atoms with van der Waals surface area (Å²) in [5, 5.41) is 26.0. The van der Waals surface area contributed by atoms with Crippen LogP contribution in [0.2, 0.25) is 0 Å². The molecule has 140 valence electrons. The minimum Gasteiger partial charge on any atom is -0.396 e. The van der Waals surface area contributed by atoms with Crippen molar-refractivity contribution in [3.05, 3.63) is 0 Å². The first kappa shape index (κ1) is 22.4. The summed E-state index contributed by atoms with van der Waals surface area (Å²) in [7, 11) is 0. The number of halogens is 4. The largest absolute Gasteiger partial charge is 0.396 e. The molecule has 7 nitrogen and oxygen atoms in total. The summed E-state index contributed by atoms with van der Waals surface area (Å²) in [5.41, 5.74) is 0. The molecule has 0 saturated heterocycles. The molecule has 0 aromatic rings. The predicted molar refractivity (Wildman–Crippen MR) is 68.2 cm³/mol. The lowest BCUT2D eigenvalue weighted by Crippen LogP contribution is -2.39. The molecule has 1 atom stereocenters. The van der Waals surface area contributed by atoms with E-state index in [1.807, 2.05) is 0 Å². The summed E-state index contributed by atoms with van der Waals surface area (Å²) >= 11 is 0. The van der Waals surface area contributed by atoms with Gasteiger partial charge < -0.3 is 29.5 Å².